The molecule has 3 heterocycles. The van der Waals surface area contributed by atoms with Gasteiger partial charge in [-0.25, -0.2) is 4.98 Å². The number of furan rings is 1. The number of fused-ring (bicyclic) bond motifs is 3. The number of carbonyl (C=O) groups is 1. The van der Waals surface area contributed by atoms with Gasteiger partial charge in [0.1, 0.15) is 10.6 Å². The number of ether oxygens (including phenoxy) is 1. The molecule has 2 aromatic carbocycles. The third kappa shape index (κ3) is 4.15. The molecule has 0 radical (unpaired) electrons. The summed E-state index contributed by atoms with van der Waals surface area (Å²) in [4.78, 5) is 21.1. The van der Waals surface area contributed by atoms with Crippen molar-refractivity contribution in [1.82, 2.24) is 9.97 Å². The Labute approximate surface area is 203 Å². The lowest BCUT2D eigenvalue weighted by Crippen LogP contribution is -2.13. The number of rotatable bonds is 6. The Hall–Kier alpha value is -3.13. The van der Waals surface area contributed by atoms with Crippen molar-refractivity contribution in [3.63, 3.8) is 0 Å². The van der Waals surface area contributed by atoms with E-state index in [1.807, 2.05) is 41.8 Å². The summed E-state index contributed by atoms with van der Waals surface area (Å²) >= 11 is 13.7. The molecular weight excluding hydrogens is 481 g/mol. The molecule has 0 aliphatic rings. The molecule has 5 aromatic rings. The van der Waals surface area contributed by atoms with Gasteiger partial charge in [0.05, 0.1) is 28.5 Å². The van der Waals surface area contributed by atoms with Gasteiger partial charge in [-0.1, -0.05) is 41.4 Å². The predicted molar refractivity (Wildman–Crippen MR) is 133 cm³/mol. The van der Waals surface area contributed by atoms with Gasteiger partial charge in [0.15, 0.2) is 11.3 Å². The summed E-state index contributed by atoms with van der Waals surface area (Å²) in [6, 6.07) is 11.8. The zero-order valence-corrected chi connectivity index (χ0v) is 19.7. The highest BCUT2D eigenvalue weighted by Crippen LogP contribution is 2.41. The highest BCUT2D eigenvalue weighted by atomic mass is 35.5. The fourth-order valence-corrected chi connectivity index (χ4v) is 5.01. The monoisotopic (exact) mass is 497 g/mol. The normalized spacial score (nSPS) is 11.2. The van der Waals surface area contributed by atoms with Gasteiger partial charge in [-0.05, 0) is 24.6 Å². The summed E-state index contributed by atoms with van der Waals surface area (Å²) in [5.74, 6) is 0.471. The number of nitrogens with one attached hydrogen (secondary N) is 1. The number of para-hydroxylation sites is 1. The molecule has 0 saturated heterocycles. The second-order valence-electron chi connectivity index (χ2n) is 7.29. The minimum atomic E-state index is -0.202. The molecule has 0 fully saturated rings. The first-order valence-corrected chi connectivity index (χ1v) is 11.7. The highest BCUT2D eigenvalue weighted by Gasteiger charge is 2.18. The summed E-state index contributed by atoms with van der Waals surface area (Å²) in [5.41, 5.74) is 3.64. The molecule has 166 valence electrons. The summed E-state index contributed by atoms with van der Waals surface area (Å²) < 4.78 is 11.6. The topological polar surface area (TPSA) is 77.2 Å². The summed E-state index contributed by atoms with van der Waals surface area (Å²) in [5, 5.41) is 8.12. The molecule has 6 nitrogen and oxygen atoms in total. The molecule has 1 amide bonds. The van der Waals surface area contributed by atoms with E-state index in [2.05, 4.69) is 10.3 Å². The number of methoxy groups -OCH3 is 1. The van der Waals surface area contributed by atoms with Crippen molar-refractivity contribution in [3.05, 3.63) is 69.9 Å². The van der Waals surface area contributed by atoms with E-state index in [-0.39, 0.29) is 12.3 Å². The van der Waals surface area contributed by atoms with Crippen molar-refractivity contribution in [2.24, 2.45) is 0 Å². The Kier molecular flexibility index (Phi) is 5.93. The second kappa shape index (κ2) is 9.02. The molecule has 0 bridgehead atoms. The molecule has 0 spiro atoms. The van der Waals surface area contributed by atoms with Crippen molar-refractivity contribution < 1.29 is 13.9 Å². The number of hydrogen-bond donors (Lipinski definition) is 1. The van der Waals surface area contributed by atoms with Crippen LogP contribution in [0.1, 0.15) is 12.1 Å². The average Bonchev–Trinajstić information content (AvgIpc) is 3.45. The number of halogens is 2. The minimum Gasteiger partial charge on any atom is -0.493 e. The van der Waals surface area contributed by atoms with E-state index in [0.717, 1.165) is 32.6 Å². The fourth-order valence-electron chi connectivity index (χ4n) is 3.66. The van der Waals surface area contributed by atoms with Crippen molar-refractivity contribution in [1.29, 1.82) is 0 Å². The number of anilines is 1. The van der Waals surface area contributed by atoms with Gasteiger partial charge in [-0.2, -0.15) is 0 Å². The SMILES string of the molecule is COc1ccc(-c2nc(CCC(=O)Nc3c(Cl)cncc3Cl)cs2)c2c1oc1ccccc12. The number of benzene rings is 2. The number of carbonyl (C=O) groups excluding carboxylic acids is 1. The van der Waals surface area contributed by atoms with Crippen LogP contribution in [0.3, 0.4) is 0 Å². The zero-order valence-electron chi connectivity index (χ0n) is 17.4. The molecule has 1 N–H and O–H groups in total. The van der Waals surface area contributed by atoms with Crippen molar-refractivity contribution >= 4 is 68.1 Å². The number of hydrogen-bond acceptors (Lipinski definition) is 6. The van der Waals surface area contributed by atoms with Crippen LogP contribution in [0.4, 0.5) is 5.69 Å². The first-order chi connectivity index (χ1) is 16.0. The number of pyridine rings is 1. The lowest BCUT2D eigenvalue weighted by atomic mass is 10.1. The van der Waals surface area contributed by atoms with Gasteiger partial charge in [0.25, 0.3) is 0 Å². The van der Waals surface area contributed by atoms with E-state index in [0.29, 0.717) is 33.5 Å². The largest absolute Gasteiger partial charge is 0.493 e. The van der Waals surface area contributed by atoms with E-state index in [4.69, 9.17) is 37.3 Å². The van der Waals surface area contributed by atoms with E-state index < -0.39 is 0 Å². The quantitative estimate of drug-likeness (QED) is 0.273. The Morgan fingerprint density at radius 1 is 1.15 bits per heavy atom. The first kappa shape index (κ1) is 21.7. The van der Waals surface area contributed by atoms with Gasteiger partial charge < -0.3 is 14.5 Å². The third-order valence-corrected chi connectivity index (χ3v) is 6.72. The fraction of sp³-hybridized carbons (Fsp3) is 0.125. The Morgan fingerprint density at radius 2 is 1.94 bits per heavy atom. The van der Waals surface area contributed by atoms with Crippen molar-refractivity contribution in [2.45, 2.75) is 12.8 Å². The maximum atomic E-state index is 12.4. The van der Waals surface area contributed by atoms with Crippen LogP contribution in [0.5, 0.6) is 5.75 Å². The summed E-state index contributed by atoms with van der Waals surface area (Å²) in [6.45, 7) is 0. The van der Waals surface area contributed by atoms with Crippen LogP contribution in [0.15, 0.2) is 58.6 Å². The molecule has 5 rings (SSSR count). The maximum Gasteiger partial charge on any atom is 0.224 e. The summed E-state index contributed by atoms with van der Waals surface area (Å²) in [7, 11) is 1.63. The number of aromatic nitrogens is 2. The molecular formula is C24H17Cl2N3O3S. The number of thiazole rings is 1. The lowest BCUT2D eigenvalue weighted by Gasteiger charge is -2.08. The van der Waals surface area contributed by atoms with Gasteiger partial charge >= 0.3 is 0 Å². The number of nitrogens with zero attached hydrogens (tertiary/aromatic N) is 2. The van der Waals surface area contributed by atoms with Gasteiger partial charge in [-0.3, -0.25) is 9.78 Å². The number of aryl methyl sites for hydroxylation is 1. The zero-order chi connectivity index (χ0) is 22.9. The van der Waals surface area contributed by atoms with Crippen LogP contribution >= 0.6 is 34.5 Å². The molecule has 0 unspecified atom stereocenters. The minimum absolute atomic E-state index is 0.202. The smallest absolute Gasteiger partial charge is 0.224 e. The van der Waals surface area contributed by atoms with Crippen LogP contribution in [-0.4, -0.2) is 23.0 Å². The van der Waals surface area contributed by atoms with E-state index in [9.17, 15) is 4.79 Å². The Bertz CT molecular complexity index is 1480. The van der Waals surface area contributed by atoms with Crippen LogP contribution < -0.4 is 10.1 Å². The molecule has 0 aliphatic heterocycles. The molecule has 0 saturated carbocycles. The molecule has 0 atom stereocenters. The molecule has 33 heavy (non-hydrogen) atoms. The van der Waals surface area contributed by atoms with Crippen LogP contribution in [0.2, 0.25) is 10.0 Å². The first-order valence-electron chi connectivity index (χ1n) is 10.1. The third-order valence-electron chi connectivity index (χ3n) is 5.22. The van der Waals surface area contributed by atoms with Gasteiger partial charge in [-0.15, -0.1) is 11.3 Å². The van der Waals surface area contributed by atoms with Gasteiger partial charge in [0, 0.05) is 40.5 Å². The molecule has 0 aliphatic carbocycles. The van der Waals surface area contributed by atoms with E-state index >= 15 is 0 Å². The molecule has 9 heteroatoms. The van der Waals surface area contributed by atoms with Crippen molar-refractivity contribution in [2.75, 3.05) is 12.4 Å². The summed E-state index contributed by atoms with van der Waals surface area (Å²) in [6.07, 6.45) is 3.59. The molecule has 3 aromatic heterocycles. The van der Waals surface area contributed by atoms with E-state index in [1.165, 1.54) is 23.7 Å². The standard InChI is InChI=1S/C24H17Cl2N3O3S/c1-31-19-8-7-15(21-14-4-2-3-5-18(14)32-23(19)21)24-28-13(12-33-24)6-9-20(30)29-22-16(25)10-27-11-17(22)26/h2-5,7-8,10-12H,6,9H2,1H3,(H,27,29,30). The number of amides is 1. The Morgan fingerprint density at radius 3 is 2.73 bits per heavy atom. The highest BCUT2D eigenvalue weighted by molar-refractivity contribution is 7.13. The average molecular weight is 498 g/mol. The second-order valence-corrected chi connectivity index (χ2v) is 8.96. The van der Waals surface area contributed by atoms with Gasteiger partial charge in [0.2, 0.25) is 5.91 Å². The van der Waals surface area contributed by atoms with E-state index in [1.54, 1.807) is 7.11 Å². The van der Waals surface area contributed by atoms with Crippen molar-refractivity contribution in [3.8, 4) is 16.3 Å². The predicted octanol–water partition coefficient (Wildman–Crippen LogP) is 6.99. The maximum absolute atomic E-state index is 12.4. The van der Waals surface area contributed by atoms with Crippen LogP contribution in [0.25, 0.3) is 32.5 Å². The lowest BCUT2D eigenvalue weighted by molar-refractivity contribution is -0.116. The van der Waals surface area contributed by atoms with Crippen LogP contribution in [-0.2, 0) is 11.2 Å². The Balaban J connectivity index is 1.39. The van der Waals surface area contributed by atoms with Crippen LogP contribution in [0, 0.1) is 0 Å².